The smallest absolute Gasteiger partial charge is 0.186 e. The van der Waals surface area contributed by atoms with Crippen LogP contribution in [-0.2, 0) is 18.9 Å². The van der Waals surface area contributed by atoms with Crippen molar-refractivity contribution < 1.29 is 29.2 Å². The summed E-state index contributed by atoms with van der Waals surface area (Å²) in [7, 11) is 0. The lowest BCUT2D eigenvalue weighted by atomic mass is 10.0. The minimum Gasteiger partial charge on any atom is -0.394 e. The standard InChI is InChI=1S/C20H20Cl2O6/c21-13-7-3-1-5-11(13)19-25-10-16-18(17(27-19)15(24)9-23)28-20(26-16)12-6-2-4-8-14(12)22/h1-8,15-20,23-24H,9-10H2/t15-,16+,17+,18+,19?,20?/m1/s1. The summed E-state index contributed by atoms with van der Waals surface area (Å²) in [5.74, 6) is 0. The number of aliphatic hydroxyl groups excluding tert-OH is 2. The zero-order valence-electron chi connectivity index (χ0n) is 14.8. The molecule has 150 valence electrons. The minimum atomic E-state index is -1.19. The summed E-state index contributed by atoms with van der Waals surface area (Å²) >= 11 is 12.5. The monoisotopic (exact) mass is 426 g/mol. The van der Waals surface area contributed by atoms with E-state index in [4.69, 9.17) is 42.1 Å². The largest absolute Gasteiger partial charge is 0.394 e. The van der Waals surface area contributed by atoms with Crippen molar-refractivity contribution in [3.05, 3.63) is 69.7 Å². The van der Waals surface area contributed by atoms with Gasteiger partial charge in [-0.25, -0.2) is 0 Å². The first kappa shape index (κ1) is 20.1. The number of fused-ring (bicyclic) bond motifs is 1. The molecule has 8 heteroatoms. The maximum absolute atomic E-state index is 10.4. The van der Waals surface area contributed by atoms with E-state index in [1.807, 2.05) is 24.3 Å². The van der Waals surface area contributed by atoms with Gasteiger partial charge in [0.25, 0.3) is 0 Å². The Labute approximate surface area is 172 Å². The molecule has 0 bridgehead atoms. The van der Waals surface area contributed by atoms with Crippen molar-refractivity contribution in [2.75, 3.05) is 13.2 Å². The highest BCUT2D eigenvalue weighted by Gasteiger charge is 2.48. The lowest BCUT2D eigenvalue weighted by Crippen LogP contribution is -2.45. The number of hydrogen-bond acceptors (Lipinski definition) is 6. The van der Waals surface area contributed by atoms with Crippen molar-refractivity contribution in [1.82, 2.24) is 0 Å². The lowest BCUT2D eigenvalue weighted by molar-refractivity contribution is -0.216. The van der Waals surface area contributed by atoms with E-state index in [-0.39, 0.29) is 6.61 Å². The molecule has 0 saturated carbocycles. The van der Waals surface area contributed by atoms with Crippen LogP contribution in [0.5, 0.6) is 0 Å². The van der Waals surface area contributed by atoms with E-state index in [1.54, 1.807) is 24.3 Å². The van der Waals surface area contributed by atoms with Crippen molar-refractivity contribution in [2.24, 2.45) is 0 Å². The zero-order chi connectivity index (χ0) is 19.7. The number of benzene rings is 2. The number of aliphatic hydroxyl groups is 2. The van der Waals surface area contributed by atoms with E-state index in [0.717, 1.165) is 0 Å². The number of rotatable bonds is 4. The van der Waals surface area contributed by atoms with Crippen LogP contribution in [0.1, 0.15) is 23.7 Å². The maximum Gasteiger partial charge on any atom is 0.186 e. The molecule has 2 unspecified atom stereocenters. The second-order valence-electron chi connectivity index (χ2n) is 6.67. The minimum absolute atomic E-state index is 0.163. The topological polar surface area (TPSA) is 77.4 Å². The van der Waals surface area contributed by atoms with Gasteiger partial charge in [0.15, 0.2) is 12.6 Å². The summed E-state index contributed by atoms with van der Waals surface area (Å²) in [4.78, 5) is 0. The van der Waals surface area contributed by atoms with Crippen LogP contribution in [0.25, 0.3) is 0 Å². The Hall–Kier alpha value is -1.22. The fourth-order valence-corrected chi connectivity index (χ4v) is 3.87. The van der Waals surface area contributed by atoms with E-state index in [1.165, 1.54) is 0 Å². The molecule has 0 aromatic heterocycles. The predicted octanol–water partition coefficient (Wildman–Crippen LogP) is 3.24. The van der Waals surface area contributed by atoms with Crippen LogP contribution >= 0.6 is 23.2 Å². The van der Waals surface area contributed by atoms with Crippen molar-refractivity contribution in [3.63, 3.8) is 0 Å². The van der Waals surface area contributed by atoms with Gasteiger partial charge >= 0.3 is 0 Å². The first-order valence-corrected chi connectivity index (χ1v) is 9.70. The summed E-state index contributed by atoms with van der Waals surface area (Å²) in [6.45, 7) is -0.334. The molecule has 2 N–H and O–H groups in total. The van der Waals surface area contributed by atoms with E-state index in [2.05, 4.69) is 0 Å². The number of hydrogen-bond donors (Lipinski definition) is 2. The molecule has 2 saturated heterocycles. The molecule has 0 aliphatic carbocycles. The molecular formula is C20H20Cl2O6. The van der Waals surface area contributed by atoms with E-state index < -0.39 is 43.6 Å². The third-order valence-electron chi connectivity index (χ3n) is 4.85. The summed E-state index contributed by atoms with van der Waals surface area (Å²) < 4.78 is 24.0. The molecule has 6 nitrogen and oxygen atoms in total. The molecule has 2 aliphatic heterocycles. The normalized spacial score (nSPS) is 31.2. The van der Waals surface area contributed by atoms with Gasteiger partial charge in [0.05, 0.1) is 13.2 Å². The van der Waals surface area contributed by atoms with Gasteiger partial charge in [-0.15, -0.1) is 0 Å². The molecule has 2 aromatic rings. The third kappa shape index (κ3) is 3.92. The fraction of sp³-hybridized carbons (Fsp3) is 0.400. The van der Waals surface area contributed by atoms with Crippen molar-refractivity contribution in [2.45, 2.75) is 37.0 Å². The molecule has 2 aliphatic rings. The Kier molecular flexibility index (Phi) is 6.20. The van der Waals surface area contributed by atoms with E-state index in [9.17, 15) is 10.2 Å². The van der Waals surface area contributed by atoms with Gasteiger partial charge in [0.2, 0.25) is 0 Å². The fourth-order valence-electron chi connectivity index (χ4n) is 3.42. The second-order valence-corrected chi connectivity index (χ2v) is 7.48. The van der Waals surface area contributed by atoms with Crippen LogP contribution in [0.3, 0.4) is 0 Å². The van der Waals surface area contributed by atoms with Gasteiger partial charge < -0.3 is 29.2 Å². The zero-order valence-corrected chi connectivity index (χ0v) is 16.3. The summed E-state index contributed by atoms with van der Waals surface area (Å²) in [5.41, 5.74) is 1.30. The Morgan fingerprint density at radius 2 is 1.50 bits per heavy atom. The van der Waals surface area contributed by atoms with Crippen LogP contribution in [0, 0.1) is 0 Å². The van der Waals surface area contributed by atoms with Gasteiger partial charge in [-0.2, -0.15) is 0 Å². The average Bonchev–Trinajstić information content (AvgIpc) is 3.04. The first-order valence-electron chi connectivity index (χ1n) is 8.94. The molecule has 0 radical (unpaired) electrons. The Bertz CT molecular complexity index is 819. The molecule has 6 atom stereocenters. The Morgan fingerprint density at radius 3 is 2.11 bits per heavy atom. The van der Waals surface area contributed by atoms with Crippen LogP contribution in [0.2, 0.25) is 10.0 Å². The molecule has 2 fully saturated rings. The molecule has 4 rings (SSSR count). The van der Waals surface area contributed by atoms with Gasteiger partial charge in [-0.1, -0.05) is 59.6 Å². The summed E-state index contributed by atoms with van der Waals surface area (Å²) in [6, 6.07) is 14.3. The molecule has 0 spiro atoms. The summed E-state index contributed by atoms with van der Waals surface area (Å²) in [5, 5.41) is 20.9. The molecule has 2 heterocycles. The maximum atomic E-state index is 10.4. The van der Waals surface area contributed by atoms with Gasteiger partial charge in [0.1, 0.15) is 24.4 Å². The van der Waals surface area contributed by atoms with Crippen molar-refractivity contribution in [1.29, 1.82) is 0 Å². The molecule has 2 aromatic carbocycles. The highest BCUT2D eigenvalue weighted by Crippen LogP contribution is 2.41. The average molecular weight is 427 g/mol. The lowest BCUT2D eigenvalue weighted by Gasteiger charge is -2.28. The quantitative estimate of drug-likeness (QED) is 0.781. The first-order chi connectivity index (χ1) is 13.6. The van der Waals surface area contributed by atoms with Gasteiger partial charge in [-0.05, 0) is 12.1 Å². The SMILES string of the molecule is OC[C@@H](O)[C@@H]1OC(c2ccccc2Cl)OC[C@@H]2OC(c3ccccc3Cl)O[C@H]12. The van der Waals surface area contributed by atoms with Crippen LogP contribution in [0.4, 0.5) is 0 Å². The third-order valence-corrected chi connectivity index (χ3v) is 5.53. The molecule has 0 amide bonds. The highest BCUT2D eigenvalue weighted by atomic mass is 35.5. The molecular weight excluding hydrogens is 407 g/mol. The van der Waals surface area contributed by atoms with Crippen molar-refractivity contribution >= 4 is 23.2 Å². The van der Waals surface area contributed by atoms with Crippen molar-refractivity contribution in [3.8, 4) is 0 Å². The van der Waals surface area contributed by atoms with Gasteiger partial charge in [0, 0.05) is 21.2 Å². The summed E-state index contributed by atoms with van der Waals surface area (Å²) in [6.07, 6.45) is -4.78. The number of halogens is 2. The van der Waals surface area contributed by atoms with Crippen LogP contribution < -0.4 is 0 Å². The molecule has 28 heavy (non-hydrogen) atoms. The Balaban J connectivity index is 1.60. The van der Waals surface area contributed by atoms with Gasteiger partial charge in [-0.3, -0.25) is 0 Å². The predicted molar refractivity (Wildman–Crippen MR) is 102 cm³/mol. The van der Waals surface area contributed by atoms with E-state index >= 15 is 0 Å². The second kappa shape index (κ2) is 8.65. The Morgan fingerprint density at radius 1 is 0.893 bits per heavy atom. The van der Waals surface area contributed by atoms with Crippen LogP contribution in [0.15, 0.2) is 48.5 Å². The number of ether oxygens (including phenoxy) is 4. The van der Waals surface area contributed by atoms with Crippen LogP contribution in [-0.4, -0.2) is 47.8 Å². The highest BCUT2D eigenvalue weighted by molar-refractivity contribution is 6.31. The van der Waals surface area contributed by atoms with E-state index in [0.29, 0.717) is 21.2 Å².